The first-order valence-electron chi connectivity index (χ1n) is 8.12. The normalized spacial score (nSPS) is 17.3. The number of hydrogen-bond donors (Lipinski definition) is 0. The Morgan fingerprint density at radius 3 is 2.92 bits per heavy atom. The van der Waals surface area contributed by atoms with E-state index >= 15 is 0 Å². The molecular formula is C18H18N4O2. The van der Waals surface area contributed by atoms with Crippen LogP contribution in [0.4, 0.5) is 0 Å². The van der Waals surface area contributed by atoms with E-state index in [4.69, 9.17) is 4.52 Å². The minimum Gasteiger partial charge on any atom is -0.355 e. The second-order valence-corrected chi connectivity index (χ2v) is 5.97. The lowest BCUT2D eigenvalue weighted by molar-refractivity contribution is 0.0711. The Morgan fingerprint density at radius 2 is 2.12 bits per heavy atom. The number of carbonyl (C=O) groups excluding carboxylic acids is 1. The first kappa shape index (κ1) is 14.7. The molecule has 0 N–H and O–H groups in total. The fourth-order valence-electron chi connectivity index (χ4n) is 3.18. The second kappa shape index (κ2) is 6.31. The molecule has 1 fully saturated rings. The zero-order chi connectivity index (χ0) is 16.4. The first-order chi connectivity index (χ1) is 11.8. The highest BCUT2D eigenvalue weighted by atomic mass is 16.5. The van der Waals surface area contributed by atoms with E-state index in [9.17, 15) is 4.79 Å². The minimum atomic E-state index is -0.0735. The van der Waals surface area contributed by atoms with Gasteiger partial charge in [0.25, 0.3) is 5.91 Å². The molecule has 3 aromatic rings. The van der Waals surface area contributed by atoms with E-state index in [1.807, 2.05) is 52.2 Å². The van der Waals surface area contributed by atoms with Crippen molar-refractivity contribution in [1.29, 1.82) is 0 Å². The van der Waals surface area contributed by atoms with Crippen LogP contribution in [0.3, 0.4) is 0 Å². The SMILES string of the molecule is O=C(c1cc(-c2ccccc2)on1)N1CCCC1Cn1cccn1. The molecule has 122 valence electrons. The molecular weight excluding hydrogens is 304 g/mol. The standard InChI is InChI=1S/C18H18N4O2/c23-18(16-12-17(24-20-16)14-6-2-1-3-7-14)22-11-4-8-15(22)13-21-10-5-9-19-21/h1-3,5-7,9-10,12,15H,4,8,11,13H2. The number of benzene rings is 1. The summed E-state index contributed by atoms with van der Waals surface area (Å²) in [6.07, 6.45) is 5.66. The summed E-state index contributed by atoms with van der Waals surface area (Å²) in [5.41, 5.74) is 1.28. The highest BCUT2D eigenvalue weighted by Crippen LogP contribution is 2.24. The molecule has 0 spiro atoms. The predicted octanol–water partition coefficient (Wildman–Crippen LogP) is 2.84. The Kier molecular flexibility index (Phi) is 3.86. The molecule has 1 aromatic carbocycles. The Labute approximate surface area is 139 Å². The van der Waals surface area contributed by atoms with Crippen LogP contribution in [0.1, 0.15) is 23.3 Å². The van der Waals surface area contributed by atoms with Crippen molar-refractivity contribution >= 4 is 5.91 Å². The molecule has 6 nitrogen and oxygen atoms in total. The van der Waals surface area contributed by atoms with E-state index < -0.39 is 0 Å². The molecule has 1 atom stereocenters. The second-order valence-electron chi connectivity index (χ2n) is 5.97. The van der Waals surface area contributed by atoms with Crippen molar-refractivity contribution in [3.05, 3.63) is 60.6 Å². The van der Waals surface area contributed by atoms with Gasteiger partial charge in [0.05, 0.1) is 12.6 Å². The van der Waals surface area contributed by atoms with E-state index in [-0.39, 0.29) is 11.9 Å². The van der Waals surface area contributed by atoms with Gasteiger partial charge in [-0.05, 0) is 18.9 Å². The van der Waals surface area contributed by atoms with Crippen LogP contribution in [0.25, 0.3) is 11.3 Å². The van der Waals surface area contributed by atoms with Gasteiger partial charge >= 0.3 is 0 Å². The van der Waals surface area contributed by atoms with Crippen LogP contribution < -0.4 is 0 Å². The highest BCUT2D eigenvalue weighted by molar-refractivity contribution is 5.93. The van der Waals surface area contributed by atoms with Gasteiger partial charge in [-0.3, -0.25) is 9.48 Å². The number of carbonyl (C=O) groups is 1. The largest absolute Gasteiger partial charge is 0.355 e. The number of hydrogen-bond acceptors (Lipinski definition) is 4. The van der Waals surface area contributed by atoms with Gasteiger partial charge in [-0.15, -0.1) is 0 Å². The van der Waals surface area contributed by atoms with Crippen molar-refractivity contribution in [2.24, 2.45) is 0 Å². The van der Waals surface area contributed by atoms with Gasteiger partial charge in [-0.25, -0.2) is 0 Å². The number of nitrogens with zero attached hydrogens (tertiary/aromatic N) is 4. The third-order valence-corrected chi connectivity index (χ3v) is 4.38. The molecule has 24 heavy (non-hydrogen) atoms. The first-order valence-corrected chi connectivity index (χ1v) is 8.12. The van der Waals surface area contributed by atoms with Crippen molar-refractivity contribution in [2.75, 3.05) is 6.54 Å². The Bertz CT molecular complexity index is 811. The number of amides is 1. The zero-order valence-corrected chi connectivity index (χ0v) is 13.2. The van der Waals surface area contributed by atoms with E-state index in [0.29, 0.717) is 18.0 Å². The van der Waals surface area contributed by atoms with Gasteiger partial charge in [-0.1, -0.05) is 35.5 Å². The number of aromatic nitrogens is 3. The summed E-state index contributed by atoms with van der Waals surface area (Å²) in [7, 11) is 0. The molecule has 1 amide bonds. The molecule has 1 aliphatic rings. The van der Waals surface area contributed by atoms with E-state index in [2.05, 4.69) is 10.3 Å². The maximum atomic E-state index is 12.8. The number of rotatable bonds is 4. The molecule has 3 heterocycles. The average Bonchev–Trinajstić information content (AvgIpc) is 3.37. The summed E-state index contributed by atoms with van der Waals surface area (Å²) >= 11 is 0. The third kappa shape index (κ3) is 2.82. The fraction of sp³-hybridized carbons (Fsp3) is 0.278. The summed E-state index contributed by atoms with van der Waals surface area (Å²) in [5.74, 6) is 0.539. The van der Waals surface area contributed by atoms with E-state index in [1.54, 1.807) is 12.3 Å². The molecule has 2 aromatic heterocycles. The van der Waals surface area contributed by atoms with Crippen LogP contribution in [-0.2, 0) is 6.54 Å². The lowest BCUT2D eigenvalue weighted by atomic mass is 10.1. The van der Waals surface area contributed by atoms with Gasteiger partial charge in [0.2, 0.25) is 0 Å². The Balaban J connectivity index is 1.52. The van der Waals surface area contributed by atoms with Gasteiger partial charge in [0.1, 0.15) is 0 Å². The van der Waals surface area contributed by atoms with Gasteiger partial charge < -0.3 is 9.42 Å². The highest BCUT2D eigenvalue weighted by Gasteiger charge is 2.31. The maximum absolute atomic E-state index is 12.8. The molecule has 1 aliphatic heterocycles. The molecule has 0 saturated carbocycles. The maximum Gasteiger partial charge on any atom is 0.276 e. The minimum absolute atomic E-state index is 0.0735. The molecule has 6 heteroatoms. The molecule has 1 saturated heterocycles. The van der Waals surface area contributed by atoms with Crippen LogP contribution in [0, 0.1) is 0 Å². The number of likely N-dealkylation sites (tertiary alicyclic amines) is 1. The topological polar surface area (TPSA) is 64.2 Å². The van der Waals surface area contributed by atoms with Crippen molar-refractivity contribution < 1.29 is 9.32 Å². The van der Waals surface area contributed by atoms with Crippen molar-refractivity contribution in [3.8, 4) is 11.3 Å². The summed E-state index contributed by atoms with van der Waals surface area (Å²) in [6.45, 7) is 1.46. The van der Waals surface area contributed by atoms with Gasteiger partial charge in [0.15, 0.2) is 11.5 Å². The van der Waals surface area contributed by atoms with Gasteiger partial charge in [0, 0.05) is 30.6 Å². The van der Waals surface area contributed by atoms with Crippen LogP contribution >= 0.6 is 0 Å². The van der Waals surface area contributed by atoms with Crippen molar-refractivity contribution in [2.45, 2.75) is 25.4 Å². The monoisotopic (exact) mass is 322 g/mol. The van der Waals surface area contributed by atoms with E-state index in [1.165, 1.54) is 0 Å². The van der Waals surface area contributed by atoms with Crippen molar-refractivity contribution in [3.63, 3.8) is 0 Å². The Hall–Kier alpha value is -2.89. The predicted molar refractivity (Wildman–Crippen MR) is 88.2 cm³/mol. The summed E-state index contributed by atoms with van der Waals surface area (Å²) in [5, 5.41) is 8.21. The molecule has 0 aliphatic carbocycles. The lowest BCUT2D eigenvalue weighted by Crippen LogP contribution is -2.38. The van der Waals surface area contributed by atoms with Crippen LogP contribution in [0.5, 0.6) is 0 Å². The van der Waals surface area contributed by atoms with Gasteiger partial charge in [-0.2, -0.15) is 5.10 Å². The molecule has 0 bridgehead atoms. The molecule has 4 rings (SSSR count). The van der Waals surface area contributed by atoms with Crippen LogP contribution in [-0.4, -0.2) is 38.3 Å². The van der Waals surface area contributed by atoms with Crippen LogP contribution in [0.2, 0.25) is 0 Å². The Morgan fingerprint density at radius 1 is 1.25 bits per heavy atom. The summed E-state index contributed by atoms with van der Waals surface area (Å²) in [6, 6.07) is 13.4. The van der Waals surface area contributed by atoms with Crippen molar-refractivity contribution in [1.82, 2.24) is 19.8 Å². The third-order valence-electron chi connectivity index (χ3n) is 4.38. The molecule has 1 unspecified atom stereocenters. The van der Waals surface area contributed by atoms with Crippen LogP contribution in [0.15, 0.2) is 59.4 Å². The summed E-state index contributed by atoms with van der Waals surface area (Å²) in [4.78, 5) is 14.7. The zero-order valence-electron chi connectivity index (χ0n) is 13.2. The van der Waals surface area contributed by atoms with E-state index in [0.717, 1.165) is 24.9 Å². The smallest absolute Gasteiger partial charge is 0.276 e. The molecule has 0 radical (unpaired) electrons. The summed E-state index contributed by atoms with van der Waals surface area (Å²) < 4.78 is 7.23. The quantitative estimate of drug-likeness (QED) is 0.741. The average molecular weight is 322 g/mol. The fourth-order valence-corrected chi connectivity index (χ4v) is 3.18. The lowest BCUT2D eigenvalue weighted by Gasteiger charge is -2.23.